The molecule has 0 unspecified atom stereocenters. The van der Waals surface area contributed by atoms with E-state index < -0.39 is 35.8 Å². The Bertz CT molecular complexity index is 1190. The van der Waals surface area contributed by atoms with Crippen LogP contribution in [0.15, 0.2) is 66.3 Å². The van der Waals surface area contributed by atoms with E-state index in [2.05, 4.69) is 19.2 Å². The highest BCUT2D eigenvalue weighted by Gasteiger charge is 2.37. The monoisotopic (exact) mass is 493 g/mol. The summed E-state index contributed by atoms with van der Waals surface area (Å²) in [5, 5.41) is 12.7. The SMILES string of the molecule is Cc1cc(C2=C(/C=C/[C@@H]3C[C@@H](O)CC(=O)O3)C(C)(C)C[C@@H](OC(=O)Nc3ccccc3)C2)ccc1F. The Kier molecular flexibility index (Phi) is 7.59. The second-order valence-corrected chi connectivity index (χ2v) is 10.1. The Balaban J connectivity index is 1.63. The molecule has 1 amide bonds. The van der Waals surface area contributed by atoms with Gasteiger partial charge in [-0.25, -0.2) is 9.18 Å². The number of halogens is 1. The highest BCUT2D eigenvalue weighted by molar-refractivity contribution is 5.85. The smallest absolute Gasteiger partial charge is 0.411 e. The van der Waals surface area contributed by atoms with Crippen molar-refractivity contribution < 1.29 is 28.6 Å². The van der Waals surface area contributed by atoms with Crippen LogP contribution in [0.25, 0.3) is 5.57 Å². The van der Waals surface area contributed by atoms with Crippen molar-refractivity contribution in [3.05, 3.63) is 83.2 Å². The minimum Gasteiger partial charge on any atom is -0.458 e. The molecule has 2 N–H and O–H groups in total. The highest BCUT2D eigenvalue weighted by atomic mass is 19.1. The predicted octanol–water partition coefficient (Wildman–Crippen LogP) is 5.95. The lowest BCUT2D eigenvalue weighted by Gasteiger charge is -2.38. The summed E-state index contributed by atoms with van der Waals surface area (Å²) in [4.78, 5) is 24.4. The van der Waals surface area contributed by atoms with Gasteiger partial charge in [-0.2, -0.15) is 0 Å². The van der Waals surface area contributed by atoms with E-state index in [9.17, 15) is 19.1 Å². The number of carbonyl (C=O) groups excluding carboxylic acids is 2. The summed E-state index contributed by atoms with van der Waals surface area (Å²) < 4.78 is 25.3. The van der Waals surface area contributed by atoms with E-state index in [4.69, 9.17) is 9.47 Å². The number of hydrogen-bond acceptors (Lipinski definition) is 5. The molecule has 3 atom stereocenters. The minimum atomic E-state index is -0.727. The van der Waals surface area contributed by atoms with Crippen LogP contribution in [0.1, 0.15) is 50.7 Å². The molecule has 6 nitrogen and oxygen atoms in total. The van der Waals surface area contributed by atoms with Gasteiger partial charge in [0.25, 0.3) is 0 Å². The zero-order chi connectivity index (χ0) is 25.9. The molecule has 0 spiro atoms. The number of amides is 1. The molecule has 0 radical (unpaired) electrons. The van der Waals surface area contributed by atoms with Crippen molar-refractivity contribution in [3.63, 3.8) is 0 Å². The number of ether oxygens (including phenoxy) is 2. The van der Waals surface area contributed by atoms with Crippen LogP contribution in [-0.2, 0) is 14.3 Å². The predicted molar refractivity (Wildman–Crippen MR) is 136 cm³/mol. The minimum absolute atomic E-state index is 0.00268. The summed E-state index contributed by atoms with van der Waals surface area (Å²) in [7, 11) is 0. The molecule has 1 saturated heterocycles. The van der Waals surface area contributed by atoms with Gasteiger partial charge in [0.1, 0.15) is 18.0 Å². The van der Waals surface area contributed by atoms with E-state index in [-0.39, 0.29) is 12.2 Å². The van der Waals surface area contributed by atoms with Crippen molar-refractivity contribution in [1.82, 2.24) is 0 Å². The molecule has 1 heterocycles. The molecule has 190 valence electrons. The van der Waals surface area contributed by atoms with Gasteiger partial charge >= 0.3 is 12.1 Å². The number of cyclic esters (lactones) is 1. The van der Waals surface area contributed by atoms with E-state index in [1.165, 1.54) is 6.07 Å². The highest BCUT2D eigenvalue weighted by Crippen LogP contribution is 2.46. The normalized spacial score (nSPS) is 23.9. The maximum Gasteiger partial charge on any atom is 0.411 e. The first-order chi connectivity index (χ1) is 17.1. The summed E-state index contributed by atoms with van der Waals surface area (Å²) in [6.45, 7) is 5.85. The molecular weight excluding hydrogens is 461 g/mol. The lowest BCUT2D eigenvalue weighted by molar-refractivity contribution is -0.156. The molecular formula is C29H32FNO5. The molecule has 2 aliphatic rings. The number of para-hydroxylation sites is 1. The van der Waals surface area contributed by atoms with E-state index in [0.717, 1.165) is 16.7 Å². The first kappa shape index (κ1) is 25.6. The largest absolute Gasteiger partial charge is 0.458 e. The molecule has 2 aromatic carbocycles. The molecule has 1 fully saturated rings. The number of allylic oxidation sites excluding steroid dienone is 2. The van der Waals surface area contributed by atoms with E-state index in [1.807, 2.05) is 24.3 Å². The van der Waals surface area contributed by atoms with Crippen molar-refractivity contribution in [2.24, 2.45) is 5.41 Å². The van der Waals surface area contributed by atoms with Gasteiger partial charge < -0.3 is 14.6 Å². The van der Waals surface area contributed by atoms with E-state index in [1.54, 1.807) is 37.3 Å². The van der Waals surface area contributed by atoms with Crippen LogP contribution < -0.4 is 5.32 Å². The van der Waals surface area contributed by atoms with Crippen LogP contribution in [0, 0.1) is 18.2 Å². The fraction of sp³-hybridized carbons (Fsp3) is 0.379. The molecule has 0 saturated carbocycles. The average Bonchev–Trinajstić information content (AvgIpc) is 2.79. The van der Waals surface area contributed by atoms with Gasteiger partial charge in [-0.15, -0.1) is 0 Å². The Morgan fingerprint density at radius 2 is 1.94 bits per heavy atom. The summed E-state index contributed by atoms with van der Waals surface area (Å²) in [6.07, 6.45) is 2.93. The molecule has 36 heavy (non-hydrogen) atoms. The van der Waals surface area contributed by atoms with Crippen molar-refractivity contribution >= 4 is 23.3 Å². The van der Waals surface area contributed by atoms with Gasteiger partial charge in [0, 0.05) is 18.5 Å². The van der Waals surface area contributed by atoms with Crippen molar-refractivity contribution in [2.45, 2.75) is 64.8 Å². The van der Waals surface area contributed by atoms with Crippen LogP contribution in [0.4, 0.5) is 14.9 Å². The van der Waals surface area contributed by atoms with Gasteiger partial charge in [0.2, 0.25) is 0 Å². The van der Waals surface area contributed by atoms with Crippen LogP contribution >= 0.6 is 0 Å². The maximum atomic E-state index is 14.1. The first-order valence-electron chi connectivity index (χ1n) is 12.2. The maximum absolute atomic E-state index is 14.1. The Morgan fingerprint density at radius 3 is 2.64 bits per heavy atom. The van der Waals surface area contributed by atoms with Crippen molar-refractivity contribution in [1.29, 1.82) is 0 Å². The summed E-state index contributed by atoms with van der Waals surface area (Å²) in [6, 6.07) is 14.1. The topological polar surface area (TPSA) is 84.9 Å². The number of carbonyl (C=O) groups is 2. The third kappa shape index (κ3) is 6.21. The zero-order valence-electron chi connectivity index (χ0n) is 20.8. The number of esters is 1. The van der Waals surface area contributed by atoms with Gasteiger partial charge in [0.15, 0.2) is 0 Å². The number of rotatable bonds is 5. The van der Waals surface area contributed by atoms with Crippen molar-refractivity contribution in [2.75, 3.05) is 5.32 Å². The molecule has 4 rings (SSSR count). The van der Waals surface area contributed by atoms with Gasteiger partial charge in [-0.05, 0) is 71.4 Å². The van der Waals surface area contributed by atoms with Crippen molar-refractivity contribution in [3.8, 4) is 0 Å². The molecule has 0 bridgehead atoms. The third-order valence-electron chi connectivity index (χ3n) is 6.69. The second kappa shape index (κ2) is 10.7. The summed E-state index contributed by atoms with van der Waals surface area (Å²) >= 11 is 0. The Hall–Kier alpha value is -3.45. The number of benzene rings is 2. The Labute approximate surface area is 210 Å². The van der Waals surface area contributed by atoms with E-state index in [0.29, 0.717) is 30.5 Å². The van der Waals surface area contributed by atoms with Crippen LogP contribution in [-0.4, -0.2) is 35.5 Å². The number of anilines is 1. The quantitative estimate of drug-likeness (QED) is 0.503. The molecule has 2 aromatic rings. The number of aryl methyl sites for hydroxylation is 1. The summed E-state index contributed by atoms with van der Waals surface area (Å²) in [5.41, 5.74) is 3.55. The lowest BCUT2D eigenvalue weighted by Crippen LogP contribution is -2.34. The van der Waals surface area contributed by atoms with Crippen LogP contribution in [0.3, 0.4) is 0 Å². The third-order valence-corrected chi connectivity index (χ3v) is 6.69. The summed E-state index contributed by atoms with van der Waals surface area (Å²) in [5.74, 6) is -0.711. The van der Waals surface area contributed by atoms with Gasteiger partial charge in [-0.1, -0.05) is 44.2 Å². The number of nitrogens with one attached hydrogen (secondary N) is 1. The number of aliphatic hydroxyl groups excluding tert-OH is 1. The molecule has 0 aromatic heterocycles. The fourth-order valence-corrected chi connectivity index (χ4v) is 4.96. The van der Waals surface area contributed by atoms with Gasteiger partial charge in [-0.3, -0.25) is 10.1 Å². The fourth-order valence-electron chi connectivity index (χ4n) is 4.96. The molecule has 7 heteroatoms. The number of aliphatic hydroxyl groups is 1. The first-order valence-corrected chi connectivity index (χ1v) is 12.2. The van der Waals surface area contributed by atoms with Crippen LogP contribution in [0.2, 0.25) is 0 Å². The van der Waals surface area contributed by atoms with E-state index >= 15 is 0 Å². The standard InChI is InChI=1S/C29H32FNO5/c1-18-13-19(9-12-26(18)30)24-16-23(36-28(34)31-20-7-5-4-6-8-20)17-29(2,3)25(24)11-10-22-14-21(32)15-27(33)35-22/h4-13,21-23,32H,14-17H2,1-3H3,(H,31,34)/b11-10+/t21-,22-,23+/m1/s1. The second-order valence-electron chi connectivity index (χ2n) is 10.1. The number of hydrogen-bond donors (Lipinski definition) is 2. The Morgan fingerprint density at radius 1 is 1.19 bits per heavy atom. The lowest BCUT2D eigenvalue weighted by atomic mass is 9.69. The molecule has 1 aliphatic heterocycles. The van der Waals surface area contributed by atoms with Crippen LogP contribution in [0.5, 0.6) is 0 Å². The zero-order valence-corrected chi connectivity index (χ0v) is 20.8. The average molecular weight is 494 g/mol. The van der Waals surface area contributed by atoms with Gasteiger partial charge in [0.05, 0.1) is 12.5 Å². The molecule has 1 aliphatic carbocycles.